The number of carbonyl (C=O) groups is 1. The summed E-state index contributed by atoms with van der Waals surface area (Å²) in [6.45, 7) is 2.82. The van der Waals surface area contributed by atoms with E-state index < -0.39 is 0 Å². The van der Waals surface area contributed by atoms with E-state index in [-0.39, 0.29) is 11.4 Å². The first kappa shape index (κ1) is 13.3. The first-order chi connectivity index (χ1) is 10.3. The van der Waals surface area contributed by atoms with Gasteiger partial charge in [0.2, 0.25) is 0 Å². The molecule has 0 atom stereocenters. The van der Waals surface area contributed by atoms with E-state index in [2.05, 4.69) is 9.88 Å². The van der Waals surface area contributed by atoms with Crippen molar-refractivity contribution in [3.63, 3.8) is 0 Å². The van der Waals surface area contributed by atoms with Crippen LogP contribution < -0.4 is 4.90 Å². The van der Waals surface area contributed by atoms with Crippen LogP contribution >= 0.6 is 22.7 Å². The lowest BCUT2D eigenvalue weighted by Crippen LogP contribution is -2.64. The van der Waals surface area contributed by atoms with Crippen LogP contribution in [0.2, 0.25) is 0 Å². The molecule has 0 unspecified atom stereocenters. The van der Waals surface area contributed by atoms with Crippen LogP contribution in [-0.2, 0) is 0 Å². The zero-order valence-corrected chi connectivity index (χ0v) is 13.3. The zero-order chi connectivity index (χ0) is 14.3. The Balaban J connectivity index is 1.44. The molecule has 4 rings (SSSR count). The molecule has 110 valence electrons. The number of hydrogen-bond donors (Lipinski definition) is 0. The maximum Gasteiger partial charge on any atom is 0.254 e. The highest BCUT2D eigenvalue weighted by molar-refractivity contribution is 7.13. The smallest absolute Gasteiger partial charge is 0.254 e. The fourth-order valence-corrected chi connectivity index (χ4v) is 4.81. The highest BCUT2D eigenvalue weighted by Gasteiger charge is 2.48. The van der Waals surface area contributed by atoms with Gasteiger partial charge in [-0.1, -0.05) is 0 Å². The summed E-state index contributed by atoms with van der Waals surface area (Å²) in [5.41, 5.74) is 1.09. The Labute approximate surface area is 132 Å². The van der Waals surface area contributed by atoms with Crippen LogP contribution in [0.1, 0.15) is 29.6 Å². The molecule has 0 N–H and O–H groups in total. The van der Waals surface area contributed by atoms with Crippen LogP contribution in [0.25, 0.3) is 0 Å². The zero-order valence-electron chi connectivity index (χ0n) is 11.7. The lowest BCUT2D eigenvalue weighted by atomic mass is 9.76. The normalized spacial score (nSPS) is 20.6. The average Bonchev–Trinajstić information content (AvgIpc) is 3.19. The fraction of sp³-hybridized carbons (Fsp3) is 0.467. The summed E-state index contributed by atoms with van der Waals surface area (Å²) in [6.07, 6.45) is 5.22. The van der Waals surface area contributed by atoms with Crippen LogP contribution in [0.15, 0.2) is 28.4 Å². The van der Waals surface area contributed by atoms with Crippen molar-refractivity contribution in [3.8, 4) is 0 Å². The molecule has 1 amide bonds. The minimum Gasteiger partial charge on any atom is -0.342 e. The largest absolute Gasteiger partial charge is 0.342 e. The second kappa shape index (κ2) is 5.10. The molecular weight excluding hydrogens is 302 g/mol. The van der Waals surface area contributed by atoms with E-state index in [0.29, 0.717) is 0 Å². The lowest BCUT2D eigenvalue weighted by Gasteiger charge is -2.56. The Kier molecular flexibility index (Phi) is 3.23. The molecule has 4 heterocycles. The number of aromatic nitrogens is 1. The van der Waals surface area contributed by atoms with Gasteiger partial charge in [0.15, 0.2) is 5.13 Å². The highest BCUT2D eigenvalue weighted by atomic mass is 32.1. The first-order valence-electron chi connectivity index (χ1n) is 7.27. The molecule has 0 saturated carbocycles. The third-order valence-corrected chi connectivity index (χ3v) is 6.25. The predicted molar refractivity (Wildman–Crippen MR) is 86.3 cm³/mol. The average molecular weight is 319 g/mol. The van der Waals surface area contributed by atoms with Crippen molar-refractivity contribution in [2.24, 2.45) is 0 Å². The number of hydrogen-bond acceptors (Lipinski definition) is 5. The van der Waals surface area contributed by atoms with Gasteiger partial charge < -0.3 is 9.80 Å². The van der Waals surface area contributed by atoms with Gasteiger partial charge in [0.25, 0.3) is 5.91 Å². The molecular formula is C15H17N3OS2. The number of piperidine rings is 1. The third kappa shape index (κ3) is 2.17. The molecule has 2 fully saturated rings. The molecule has 0 radical (unpaired) electrons. The maximum absolute atomic E-state index is 12.4. The molecule has 0 aliphatic carbocycles. The SMILES string of the molecule is O=C(c1ccsc1)N1CCC2(CC1)CCN2c1nccs1. The second-order valence-corrected chi connectivity index (χ2v) is 7.40. The summed E-state index contributed by atoms with van der Waals surface area (Å²) in [5.74, 6) is 0.186. The van der Waals surface area contributed by atoms with E-state index in [4.69, 9.17) is 0 Å². The van der Waals surface area contributed by atoms with E-state index in [1.54, 1.807) is 22.7 Å². The molecule has 0 bridgehead atoms. The van der Waals surface area contributed by atoms with Crippen molar-refractivity contribution >= 4 is 33.7 Å². The van der Waals surface area contributed by atoms with Crippen LogP contribution in [0.4, 0.5) is 5.13 Å². The van der Waals surface area contributed by atoms with E-state index in [0.717, 1.165) is 43.2 Å². The van der Waals surface area contributed by atoms with Gasteiger partial charge >= 0.3 is 0 Å². The fourth-order valence-electron chi connectivity index (χ4n) is 3.40. The Morgan fingerprint density at radius 3 is 2.57 bits per heavy atom. The quantitative estimate of drug-likeness (QED) is 0.853. The third-order valence-electron chi connectivity index (χ3n) is 4.77. The highest BCUT2D eigenvalue weighted by Crippen LogP contribution is 2.43. The van der Waals surface area contributed by atoms with E-state index >= 15 is 0 Å². The molecule has 2 aromatic rings. The minimum absolute atomic E-state index is 0.186. The molecule has 2 saturated heterocycles. The van der Waals surface area contributed by atoms with Crippen LogP contribution in [0, 0.1) is 0 Å². The van der Waals surface area contributed by atoms with Gasteiger partial charge in [0, 0.05) is 42.1 Å². The summed E-state index contributed by atoms with van der Waals surface area (Å²) >= 11 is 3.30. The van der Waals surface area contributed by atoms with Gasteiger partial charge in [-0.2, -0.15) is 11.3 Å². The molecule has 21 heavy (non-hydrogen) atoms. The number of likely N-dealkylation sites (tertiary alicyclic amines) is 1. The van der Waals surface area contributed by atoms with Crippen molar-refractivity contribution in [2.75, 3.05) is 24.5 Å². The number of thiophene rings is 1. The number of thiazole rings is 1. The van der Waals surface area contributed by atoms with Gasteiger partial charge in [-0.05, 0) is 30.7 Å². The summed E-state index contributed by atoms with van der Waals surface area (Å²) in [5, 5.41) is 7.09. The lowest BCUT2D eigenvalue weighted by molar-refractivity contribution is 0.0614. The van der Waals surface area contributed by atoms with Gasteiger partial charge in [0.1, 0.15) is 0 Å². The van der Waals surface area contributed by atoms with Crippen molar-refractivity contribution in [1.29, 1.82) is 0 Å². The van der Waals surface area contributed by atoms with E-state index in [1.165, 1.54) is 6.42 Å². The second-order valence-electron chi connectivity index (χ2n) is 5.74. The first-order valence-corrected chi connectivity index (χ1v) is 9.09. The van der Waals surface area contributed by atoms with Crippen LogP contribution in [0.3, 0.4) is 0 Å². The summed E-state index contributed by atoms with van der Waals surface area (Å²) in [6, 6.07) is 1.92. The molecule has 6 heteroatoms. The predicted octanol–water partition coefficient (Wildman–Crippen LogP) is 3.09. The minimum atomic E-state index is 0.186. The summed E-state index contributed by atoms with van der Waals surface area (Å²) in [7, 11) is 0. The van der Waals surface area contributed by atoms with Gasteiger partial charge in [0.05, 0.1) is 5.56 Å². The van der Waals surface area contributed by atoms with E-state index in [1.807, 2.05) is 33.3 Å². The maximum atomic E-state index is 12.4. The Morgan fingerprint density at radius 2 is 2.00 bits per heavy atom. The number of carbonyl (C=O) groups excluding carboxylic acids is 1. The molecule has 4 nitrogen and oxygen atoms in total. The molecule has 0 aromatic carbocycles. The van der Waals surface area contributed by atoms with Gasteiger partial charge in [-0.15, -0.1) is 11.3 Å². The van der Waals surface area contributed by atoms with Crippen LogP contribution in [-0.4, -0.2) is 41.0 Å². The van der Waals surface area contributed by atoms with Crippen LogP contribution in [0.5, 0.6) is 0 Å². The Morgan fingerprint density at radius 1 is 1.19 bits per heavy atom. The Bertz CT molecular complexity index is 615. The molecule has 2 aliphatic rings. The molecule has 2 aliphatic heterocycles. The van der Waals surface area contributed by atoms with E-state index in [9.17, 15) is 4.79 Å². The number of rotatable bonds is 2. The van der Waals surface area contributed by atoms with Crippen molar-refractivity contribution in [1.82, 2.24) is 9.88 Å². The Hall–Kier alpha value is -1.40. The van der Waals surface area contributed by atoms with Gasteiger partial charge in [-0.3, -0.25) is 4.79 Å². The summed E-state index contributed by atoms with van der Waals surface area (Å²) in [4.78, 5) is 21.3. The molecule has 2 aromatic heterocycles. The monoisotopic (exact) mass is 319 g/mol. The number of nitrogens with zero attached hydrogens (tertiary/aromatic N) is 3. The molecule has 1 spiro atoms. The number of amides is 1. The van der Waals surface area contributed by atoms with Crippen molar-refractivity contribution < 1.29 is 4.79 Å². The summed E-state index contributed by atoms with van der Waals surface area (Å²) < 4.78 is 0. The van der Waals surface area contributed by atoms with Crippen molar-refractivity contribution in [3.05, 3.63) is 34.0 Å². The number of anilines is 1. The van der Waals surface area contributed by atoms with Gasteiger partial charge in [-0.25, -0.2) is 4.98 Å². The van der Waals surface area contributed by atoms with Crippen molar-refractivity contribution in [2.45, 2.75) is 24.8 Å². The standard InChI is InChI=1S/C15H17N3OS2/c19-13(12-1-9-20-11-12)17-6-2-15(3-7-17)4-8-18(15)14-16-5-10-21-14/h1,5,9-11H,2-4,6-8H2. The topological polar surface area (TPSA) is 36.4 Å².